The first-order chi connectivity index (χ1) is 11.7. The summed E-state index contributed by atoms with van der Waals surface area (Å²) in [6.07, 6.45) is 1.17. The monoisotopic (exact) mass is 342 g/mol. The van der Waals surface area contributed by atoms with Crippen molar-refractivity contribution in [2.75, 3.05) is 0 Å². The van der Waals surface area contributed by atoms with Crippen molar-refractivity contribution in [2.45, 2.75) is 26.3 Å². The maximum absolute atomic E-state index is 12.7. The number of nitro groups is 1. The van der Waals surface area contributed by atoms with Gasteiger partial charge in [0.15, 0.2) is 0 Å². The van der Waals surface area contributed by atoms with Gasteiger partial charge in [0.1, 0.15) is 5.69 Å². The highest BCUT2D eigenvalue weighted by atomic mass is 16.6. The van der Waals surface area contributed by atoms with Crippen LogP contribution in [0.15, 0.2) is 48.7 Å². The second-order valence-electron chi connectivity index (χ2n) is 6.27. The fourth-order valence-corrected chi connectivity index (χ4v) is 2.05. The molecule has 0 spiro atoms. The van der Waals surface area contributed by atoms with Crippen molar-refractivity contribution in [3.05, 3.63) is 70.0 Å². The summed E-state index contributed by atoms with van der Waals surface area (Å²) < 4.78 is 0. The van der Waals surface area contributed by atoms with Crippen LogP contribution in [-0.2, 0) is 0 Å². The Morgan fingerprint density at radius 2 is 1.80 bits per heavy atom. The molecule has 25 heavy (non-hydrogen) atoms. The average Bonchev–Trinajstić information content (AvgIpc) is 2.58. The summed E-state index contributed by atoms with van der Waals surface area (Å²) in [4.78, 5) is 39.2. The quantitative estimate of drug-likeness (QED) is 0.682. The largest absolute Gasteiger partial charge is 0.288 e. The molecule has 8 heteroatoms. The first kappa shape index (κ1) is 18.1. The summed E-state index contributed by atoms with van der Waals surface area (Å²) >= 11 is 0. The molecule has 130 valence electrons. The highest BCUT2D eigenvalue weighted by Crippen LogP contribution is 2.16. The Bertz CT molecular complexity index is 800. The zero-order valence-corrected chi connectivity index (χ0v) is 14.1. The first-order valence-corrected chi connectivity index (χ1v) is 7.51. The van der Waals surface area contributed by atoms with E-state index in [4.69, 9.17) is 0 Å². The maximum Gasteiger partial charge on any atom is 0.288 e. The Balaban J connectivity index is 2.29. The van der Waals surface area contributed by atoms with Crippen molar-refractivity contribution in [3.8, 4) is 0 Å². The zero-order valence-electron chi connectivity index (χ0n) is 14.1. The van der Waals surface area contributed by atoms with Crippen LogP contribution in [0.25, 0.3) is 0 Å². The Hall–Kier alpha value is -3.29. The predicted octanol–water partition coefficient (Wildman–Crippen LogP) is 2.58. The van der Waals surface area contributed by atoms with Gasteiger partial charge in [-0.05, 0) is 32.9 Å². The number of benzene rings is 1. The van der Waals surface area contributed by atoms with Crippen LogP contribution in [0.3, 0.4) is 0 Å². The highest BCUT2D eigenvalue weighted by molar-refractivity contribution is 5.98. The highest BCUT2D eigenvalue weighted by Gasteiger charge is 2.30. The fraction of sp³-hybridized carbons (Fsp3) is 0.235. The lowest BCUT2D eigenvalue weighted by molar-refractivity contribution is -0.385. The molecule has 0 aliphatic carbocycles. The van der Waals surface area contributed by atoms with Crippen LogP contribution < -0.4 is 5.43 Å². The first-order valence-electron chi connectivity index (χ1n) is 7.51. The molecule has 1 aromatic heterocycles. The lowest BCUT2D eigenvalue weighted by atomic mass is 10.1. The van der Waals surface area contributed by atoms with E-state index in [0.717, 1.165) is 6.07 Å². The number of carbonyl (C=O) groups excluding carboxylic acids is 2. The Morgan fingerprint density at radius 1 is 1.16 bits per heavy atom. The van der Waals surface area contributed by atoms with Gasteiger partial charge in [0.05, 0.1) is 10.5 Å². The van der Waals surface area contributed by atoms with Gasteiger partial charge < -0.3 is 0 Å². The topological polar surface area (TPSA) is 105 Å². The van der Waals surface area contributed by atoms with E-state index in [1.54, 1.807) is 51.1 Å². The molecule has 1 heterocycles. The van der Waals surface area contributed by atoms with Crippen molar-refractivity contribution >= 4 is 17.5 Å². The van der Waals surface area contributed by atoms with Gasteiger partial charge in [0.2, 0.25) is 0 Å². The molecule has 8 nitrogen and oxygen atoms in total. The van der Waals surface area contributed by atoms with Crippen molar-refractivity contribution in [2.24, 2.45) is 0 Å². The Labute approximate surface area is 144 Å². The summed E-state index contributed by atoms with van der Waals surface area (Å²) in [5, 5.41) is 12.0. The SMILES string of the molecule is CC(C)(C)N(NC(=O)c1cc([N+](=O)[O-])ccn1)C(=O)c1ccccc1. The summed E-state index contributed by atoms with van der Waals surface area (Å²) in [6.45, 7) is 5.28. The number of nitrogens with zero attached hydrogens (tertiary/aromatic N) is 3. The predicted molar refractivity (Wildman–Crippen MR) is 90.7 cm³/mol. The number of amides is 2. The number of pyridine rings is 1. The van der Waals surface area contributed by atoms with Gasteiger partial charge >= 0.3 is 0 Å². The molecule has 0 bridgehead atoms. The number of hydrazine groups is 1. The van der Waals surface area contributed by atoms with Crippen LogP contribution in [-0.4, -0.2) is 32.3 Å². The summed E-state index contributed by atoms with van der Waals surface area (Å²) in [6, 6.07) is 10.7. The van der Waals surface area contributed by atoms with E-state index in [1.165, 1.54) is 17.3 Å². The van der Waals surface area contributed by atoms with E-state index in [0.29, 0.717) is 5.56 Å². The van der Waals surface area contributed by atoms with Gasteiger partial charge in [-0.3, -0.25) is 30.1 Å². The smallest absolute Gasteiger partial charge is 0.267 e. The van der Waals surface area contributed by atoms with Crippen LogP contribution >= 0.6 is 0 Å². The molecular weight excluding hydrogens is 324 g/mol. The summed E-state index contributed by atoms with van der Waals surface area (Å²) in [7, 11) is 0. The molecule has 0 radical (unpaired) electrons. The van der Waals surface area contributed by atoms with Crippen LogP contribution in [0.2, 0.25) is 0 Å². The number of rotatable bonds is 3. The molecule has 0 aliphatic rings. The van der Waals surface area contributed by atoms with E-state index >= 15 is 0 Å². The zero-order chi connectivity index (χ0) is 18.6. The third-order valence-corrected chi connectivity index (χ3v) is 3.29. The van der Waals surface area contributed by atoms with Crippen LogP contribution in [0.1, 0.15) is 41.6 Å². The normalized spacial score (nSPS) is 10.8. The van der Waals surface area contributed by atoms with Crippen molar-refractivity contribution in [1.82, 2.24) is 15.4 Å². The minimum absolute atomic E-state index is 0.149. The van der Waals surface area contributed by atoms with E-state index < -0.39 is 22.3 Å². The number of carbonyl (C=O) groups is 2. The molecular formula is C17H18N4O4. The van der Waals surface area contributed by atoms with Gasteiger partial charge in [0, 0.05) is 23.9 Å². The molecule has 2 amide bonds. The van der Waals surface area contributed by atoms with Crippen molar-refractivity contribution in [3.63, 3.8) is 0 Å². The molecule has 0 saturated carbocycles. The molecule has 0 fully saturated rings. The second-order valence-corrected chi connectivity index (χ2v) is 6.27. The fourth-order valence-electron chi connectivity index (χ4n) is 2.05. The number of aromatic nitrogens is 1. The van der Waals surface area contributed by atoms with Gasteiger partial charge in [-0.25, -0.2) is 5.01 Å². The van der Waals surface area contributed by atoms with Crippen molar-refractivity contribution < 1.29 is 14.5 Å². The number of hydrogen-bond acceptors (Lipinski definition) is 5. The lowest BCUT2D eigenvalue weighted by Crippen LogP contribution is -2.56. The van der Waals surface area contributed by atoms with Crippen molar-refractivity contribution in [1.29, 1.82) is 0 Å². The molecule has 0 saturated heterocycles. The number of nitrogens with one attached hydrogen (secondary N) is 1. The molecule has 0 aliphatic heterocycles. The molecule has 1 aromatic carbocycles. The molecule has 1 N–H and O–H groups in total. The molecule has 2 rings (SSSR count). The summed E-state index contributed by atoms with van der Waals surface area (Å²) in [5.74, 6) is -1.10. The van der Waals surface area contributed by atoms with E-state index in [-0.39, 0.29) is 11.4 Å². The third kappa shape index (κ3) is 4.37. The van der Waals surface area contributed by atoms with E-state index in [1.807, 2.05) is 0 Å². The second kappa shape index (κ2) is 7.08. The van der Waals surface area contributed by atoms with E-state index in [2.05, 4.69) is 10.4 Å². The summed E-state index contributed by atoms with van der Waals surface area (Å²) in [5.41, 5.74) is 1.78. The minimum Gasteiger partial charge on any atom is -0.267 e. The Kier molecular flexibility index (Phi) is 5.11. The van der Waals surface area contributed by atoms with Gasteiger partial charge in [-0.2, -0.15) is 0 Å². The van der Waals surface area contributed by atoms with Gasteiger partial charge in [-0.1, -0.05) is 18.2 Å². The van der Waals surface area contributed by atoms with Gasteiger partial charge in [-0.15, -0.1) is 0 Å². The molecule has 0 atom stereocenters. The van der Waals surface area contributed by atoms with Crippen LogP contribution in [0.4, 0.5) is 5.69 Å². The Morgan fingerprint density at radius 3 is 2.36 bits per heavy atom. The maximum atomic E-state index is 12.7. The standard InChI is InChI=1S/C17H18N4O4/c1-17(2,3)20(16(23)12-7-5-4-6-8-12)19-15(22)14-11-13(21(24)25)9-10-18-14/h4-11H,1-3H3,(H,19,22). The van der Waals surface area contributed by atoms with Gasteiger partial charge in [0.25, 0.3) is 17.5 Å². The molecule has 0 unspecified atom stereocenters. The lowest BCUT2D eigenvalue weighted by Gasteiger charge is -2.35. The third-order valence-electron chi connectivity index (χ3n) is 3.29. The molecule has 2 aromatic rings. The minimum atomic E-state index is -0.719. The average molecular weight is 342 g/mol. The van der Waals surface area contributed by atoms with Crippen LogP contribution in [0.5, 0.6) is 0 Å². The number of hydrogen-bond donors (Lipinski definition) is 1. The van der Waals surface area contributed by atoms with E-state index in [9.17, 15) is 19.7 Å². The van der Waals surface area contributed by atoms with Crippen LogP contribution in [0, 0.1) is 10.1 Å².